The number of fused-ring (bicyclic) bond motifs is 7. The van der Waals surface area contributed by atoms with Crippen LogP contribution >= 0.6 is 11.3 Å². The molecule has 1 aliphatic carbocycles. The second-order valence-corrected chi connectivity index (χ2v) is 15.5. The van der Waals surface area contributed by atoms with Gasteiger partial charge in [0, 0.05) is 37.6 Å². The van der Waals surface area contributed by atoms with Gasteiger partial charge in [-0.05, 0) is 71.4 Å². The molecule has 3 nitrogen and oxygen atoms in total. The van der Waals surface area contributed by atoms with Crippen LogP contribution in [0.2, 0.25) is 0 Å². The number of rotatable bonds is 9. The highest BCUT2D eigenvalue weighted by Crippen LogP contribution is 2.59. The summed E-state index contributed by atoms with van der Waals surface area (Å²) in [6, 6.07) is 61.7. The molecule has 1 aliphatic rings. The summed E-state index contributed by atoms with van der Waals surface area (Å²) in [6.07, 6.45) is 2.17. The van der Waals surface area contributed by atoms with Crippen LogP contribution < -0.4 is 5.32 Å². The molecule has 9 aromatic rings. The van der Waals surface area contributed by atoms with Gasteiger partial charge in [0.25, 0.3) is 0 Å². The molecule has 2 aromatic heterocycles. The van der Waals surface area contributed by atoms with E-state index < -0.39 is 0 Å². The highest BCUT2D eigenvalue weighted by molar-refractivity contribution is 7.26. The van der Waals surface area contributed by atoms with Crippen molar-refractivity contribution in [1.82, 2.24) is 4.57 Å². The molecular weight excluding hydrogens is 651 g/mol. The van der Waals surface area contributed by atoms with Gasteiger partial charge in [-0.15, -0.1) is 17.4 Å². The Kier molecular flexibility index (Phi) is 7.49. The van der Waals surface area contributed by atoms with E-state index >= 15 is 0 Å². The molecule has 0 amide bonds. The van der Waals surface area contributed by atoms with E-state index in [1.54, 1.807) is 0 Å². The molecule has 1 fully saturated rings. The minimum Gasteiger partial charge on any atom is -0.632 e. The molecule has 10 rings (SSSR count). The summed E-state index contributed by atoms with van der Waals surface area (Å²) in [5.41, 5.74) is 9.67. The lowest BCUT2D eigenvalue weighted by Gasteiger charge is -2.45. The van der Waals surface area contributed by atoms with E-state index in [9.17, 15) is 0 Å². The van der Waals surface area contributed by atoms with Gasteiger partial charge in [-0.1, -0.05) is 152 Å². The van der Waals surface area contributed by atoms with Crippen molar-refractivity contribution in [2.75, 3.05) is 5.32 Å². The number of hydrogen-bond acceptors (Lipinski definition) is 2. The average molecular weight is 689 g/mol. The Hall–Kier alpha value is -5.68. The van der Waals surface area contributed by atoms with Crippen LogP contribution in [0.25, 0.3) is 64.1 Å². The zero-order valence-electron chi connectivity index (χ0n) is 29.0. The third kappa shape index (κ3) is 5.38. The normalized spacial score (nSPS) is 14.9. The molecular formula is C48H38N3S-. The van der Waals surface area contributed by atoms with Crippen LogP contribution in [-0.2, 0) is 0 Å². The molecule has 52 heavy (non-hydrogen) atoms. The van der Waals surface area contributed by atoms with Crippen molar-refractivity contribution in [3.63, 3.8) is 0 Å². The summed E-state index contributed by atoms with van der Waals surface area (Å²) < 4.78 is 5.12. The molecule has 2 atom stereocenters. The van der Waals surface area contributed by atoms with Crippen LogP contribution in [0.1, 0.15) is 43.1 Å². The first-order chi connectivity index (χ1) is 25.6. The maximum Gasteiger partial charge on any atom is 0.0719 e. The van der Waals surface area contributed by atoms with E-state index in [0.717, 1.165) is 16.9 Å². The molecule has 4 heteroatoms. The van der Waals surface area contributed by atoms with E-state index in [1.165, 1.54) is 71.5 Å². The lowest BCUT2D eigenvalue weighted by molar-refractivity contribution is 0.473. The zero-order chi connectivity index (χ0) is 34.6. The predicted octanol–water partition coefficient (Wildman–Crippen LogP) is 13.8. The summed E-state index contributed by atoms with van der Waals surface area (Å²) in [4.78, 5) is 0. The van der Waals surface area contributed by atoms with E-state index in [1.807, 2.05) is 11.3 Å². The molecule has 0 saturated heterocycles. The van der Waals surface area contributed by atoms with Crippen LogP contribution in [0.5, 0.6) is 0 Å². The van der Waals surface area contributed by atoms with Gasteiger partial charge in [-0.3, -0.25) is 0 Å². The van der Waals surface area contributed by atoms with Crippen LogP contribution in [0, 0.1) is 5.41 Å². The Balaban J connectivity index is 1.14. The Morgan fingerprint density at radius 2 is 1.27 bits per heavy atom. The summed E-state index contributed by atoms with van der Waals surface area (Å²) in [6.45, 7) is 2.39. The lowest BCUT2D eigenvalue weighted by atomic mass is 9.91. The van der Waals surface area contributed by atoms with Gasteiger partial charge in [0.15, 0.2) is 0 Å². The number of benzene rings is 7. The molecule has 1 saturated carbocycles. The van der Waals surface area contributed by atoms with Gasteiger partial charge < -0.3 is 15.2 Å². The van der Waals surface area contributed by atoms with E-state index in [4.69, 9.17) is 5.32 Å². The van der Waals surface area contributed by atoms with Crippen molar-refractivity contribution in [3.05, 3.63) is 186 Å². The van der Waals surface area contributed by atoms with Crippen LogP contribution in [0.15, 0.2) is 170 Å². The smallest absolute Gasteiger partial charge is 0.0719 e. The van der Waals surface area contributed by atoms with Gasteiger partial charge in [0.2, 0.25) is 0 Å². The standard InChI is InChI=1S/C48H38N3S/c1-48(28-29-48)46(33-16-7-3-8-17-33)50-47(34-18-9-4-10-19-34)49-36-20-13-21-37(31-36)51-42-30-35(32-14-5-2-6-15-32)24-25-38(42)40-26-27-41-39-22-11-12-23-43(39)52-45(41)44(40)51/h2-27,30-31,46-47,49H,28-29H2,1H3/q-1. The first kappa shape index (κ1) is 31.1. The van der Waals surface area contributed by atoms with Gasteiger partial charge in [-0.25, -0.2) is 0 Å². The number of nitrogens with zero attached hydrogens (tertiary/aromatic N) is 2. The van der Waals surface area contributed by atoms with Crippen molar-refractivity contribution in [1.29, 1.82) is 0 Å². The molecule has 2 heterocycles. The topological polar surface area (TPSA) is 31.1 Å². The molecule has 7 aromatic carbocycles. The highest BCUT2D eigenvalue weighted by Gasteiger charge is 2.41. The molecule has 0 aliphatic heterocycles. The number of aromatic nitrogens is 1. The number of nitrogens with one attached hydrogen (secondary N) is 1. The second-order valence-electron chi connectivity index (χ2n) is 14.5. The Labute approximate surface area is 308 Å². The Morgan fingerprint density at radius 1 is 0.596 bits per heavy atom. The largest absolute Gasteiger partial charge is 0.632 e. The average Bonchev–Trinajstić information content (AvgIpc) is 3.70. The third-order valence-corrected chi connectivity index (χ3v) is 12.2. The van der Waals surface area contributed by atoms with Gasteiger partial charge in [-0.2, -0.15) is 0 Å². The molecule has 2 unspecified atom stereocenters. The summed E-state index contributed by atoms with van der Waals surface area (Å²) in [5, 5.41) is 14.7. The fraction of sp³-hybridized carbons (Fsp3) is 0.125. The summed E-state index contributed by atoms with van der Waals surface area (Å²) >= 11 is 1.89. The minimum atomic E-state index is -0.212. The summed E-state index contributed by atoms with van der Waals surface area (Å²) in [5.74, 6) is 0. The van der Waals surface area contributed by atoms with E-state index in [-0.39, 0.29) is 17.6 Å². The molecule has 0 bridgehead atoms. The molecule has 252 valence electrons. The fourth-order valence-electron chi connectivity index (χ4n) is 8.02. The number of hydrogen-bond donors (Lipinski definition) is 1. The van der Waals surface area contributed by atoms with Crippen molar-refractivity contribution in [3.8, 4) is 16.8 Å². The molecule has 0 radical (unpaired) electrons. The van der Waals surface area contributed by atoms with Crippen molar-refractivity contribution < 1.29 is 0 Å². The maximum atomic E-state index is 5.63. The number of thiophene rings is 1. The maximum absolute atomic E-state index is 5.63. The van der Waals surface area contributed by atoms with Crippen molar-refractivity contribution in [2.45, 2.75) is 32.0 Å². The first-order valence-corrected chi connectivity index (χ1v) is 19.1. The first-order valence-electron chi connectivity index (χ1n) is 18.2. The Morgan fingerprint density at radius 3 is 2.04 bits per heavy atom. The van der Waals surface area contributed by atoms with Crippen molar-refractivity contribution >= 4 is 59.0 Å². The zero-order valence-corrected chi connectivity index (χ0v) is 29.9. The van der Waals surface area contributed by atoms with E-state index in [0.29, 0.717) is 0 Å². The predicted molar refractivity (Wildman–Crippen MR) is 222 cm³/mol. The van der Waals surface area contributed by atoms with Gasteiger partial charge in [0.1, 0.15) is 0 Å². The monoisotopic (exact) mass is 688 g/mol. The van der Waals surface area contributed by atoms with Gasteiger partial charge >= 0.3 is 0 Å². The quantitative estimate of drug-likeness (QED) is 0.161. The fourth-order valence-corrected chi connectivity index (χ4v) is 9.26. The van der Waals surface area contributed by atoms with Gasteiger partial charge in [0.05, 0.1) is 15.7 Å². The van der Waals surface area contributed by atoms with Crippen LogP contribution in [-0.4, -0.2) is 4.57 Å². The number of anilines is 1. The highest BCUT2D eigenvalue weighted by atomic mass is 32.1. The molecule has 1 N–H and O–H groups in total. The van der Waals surface area contributed by atoms with Crippen LogP contribution in [0.4, 0.5) is 5.69 Å². The lowest BCUT2D eigenvalue weighted by Crippen LogP contribution is -2.18. The second kappa shape index (κ2) is 12.5. The minimum absolute atomic E-state index is 0.101. The van der Waals surface area contributed by atoms with Crippen molar-refractivity contribution in [2.24, 2.45) is 5.41 Å². The molecule has 0 spiro atoms. The van der Waals surface area contributed by atoms with Crippen LogP contribution in [0.3, 0.4) is 0 Å². The van der Waals surface area contributed by atoms with E-state index in [2.05, 4.69) is 187 Å². The third-order valence-electron chi connectivity index (χ3n) is 11.0. The Bertz CT molecular complexity index is 2710. The SMILES string of the molecule is CC1(C([N-]C(Nc2cccc(-n3c4cc(-c5ccccc5)ccc4c4ccc5c6ccccc6sc5c43)c2)c2ccccc2)c2ccccc2)CC1. The summed E-state index contributed by atoms with van der Waals surface area (Å²) in [7, 11) is 0.